The van der Waals surface area contributed by atoms with E-state index in [2.05, 4.69) is 68.6 Å². The zero-order chi connectivity index (χ0) is 34.3. The average molecular weight is 681 g/mol. The predicted molar refractivity (Wildman–Crippen MR) is 201 cm³/mol. The van der Waals surface area contributed by atoms with E-state index in [0.29, 0.717) is 49.8 Å². The summed E-state index contributed by atoms with van der Waals surface area (Å²) in [5, 5.41) is 1.15. The molecule has 2 aliphatic rings. The van der Waals surface area contributed by atoms with Crippen LogP contribution in [0.2, 0.25) is 0 Å². The molecule has 0 bridgehead atoms. The summed E-state index contributed by atoms with van der Waals surface area (Å²) in [4.78, 5) is 30.3. The van der Waals surface area contributed by atoms with Gasteiger partial charge in [0, 0.05) is 61.2 Å². The van der Waals surface area contributed by atoms with Crippen LogP contribution in [0, 0.1) is 12.7 Å². The molecule has 3 aromatic heterocycles. The molecular weight excluding hydrogens is 619 g/mol. The fourth-order valence-corrected chi connectivity index (χ4v) is 4.77. The average Bonchev–Trinajstić information content (AvgIpc) is 3.10. The van der Waals surface area contributed by atoms with Crippen LogP contribution in [0.4, 0.5) is 16.0 Å². The second-order valence-corrected chi connectivity index (χ2v) is 12.0. The molecule has 0 N–H and O–H groups in total. The van der Waals surface area contributed by atoms with Crippen molar-refractivity contribution in [3.05, 3.63) is 71.7 Å². The molecule has 0 aliphatic carbocycles. The molecule has 10 nitrogen and oxygen atoms in total. The number of aromatic nitrogens is 6. The fourth-order valence-electron chi connectivity index (χ4n) is 4.77. The molecule has 2 fully saturated rings. The van der Waals surface area contributed by atoms with Crippen molar-refractivity contribution in [1.29, 1.82) is 0 Å². The van der Waals surface area contributed by atoms with Crippen LogP contribution in [0.3, 0.4) is 0 Å². The van der Waals surface area contributed by atoms with E-state index in [1.807, 2.05) is 70.0 Å². The molecule has 11 heteroatoms. The van der Waals surface area contributed by atoms with Crippen molar-refractivity contribution in [3.8, 4) is 0 Å². The third-order valence-corrected chi connectivity index (χ3v) is 7.41. The summed E-state index contributed by atoms with van der Waals surface area (Å²) in [6, 6.07) is 10.1. The number of nitrogens with zero attached hydrogens (tertiary/aromatic N) is 8. The zero-order valence-electron chi connectivity index (χ0n) is 29.7. The molecular formula is C38H61FN8O2. The first-order valence-corrected chi connectivity index (χ1v) is 16.9. The molecule has 0 saturated carbocycles. The minimum Gasteiger partial charge on any atom is -0.378 e. The van der Waals surface area contributed by atoms with Gasteiger partial charge in [0.05, 0.1) is 38.1 Å². The number of halogens is 1. The highest BCUT2D eigenvalue weighted by atomic mass is 19.1. The Kier molecular flexibility index (Phi) is 19.4. The van der Waals surface area contributed by atoms with E-state index in [-0.39, 0.29) is 26.6 Å². The Morgan fingerprint density at radius 1 is 0.653 bits per heavy atom. The molecule has 0 spiro atoms. The maximum atomic E-state index is 13.6. The van der Waals surface area contributed by atoms with E-state index in [1.165, 1.54) is 6.20 Å². The largest absolute Gasteiger partial charge is 0.378 e. The number of fused-ring (bicyclic) bond motifs is 1. The van der Waals surface area contributed by atoms with Crippen molar-refractivity contribution in [2.24, 2.45) is 0 Å². The Morgan fingerprint density at radius 3 is 1.76 bits per heavy atom. The number of ether oxygens (including phenoxy) is 2. The van der Waals surface area contributed by atoms with E-state index < -0.39 is 0 Å². The van der Waals surface area contributed by atoms with Gasteiger partial charge < -0.3 is 19.3 Å². The standard InChI is InChI=1S/C12H14N2.C11H16FN3O.C11H17N3O.C2H6.2CH4/c1-8(2)12-13-9(3)10-6-4-5-7-11(10)14-12;1-8(2)10-13-7-9(12)11(14-10)15-3-5-16-6-4-15;1-9(2)11-12-4-3-10(13-11)14-5-7-15-8-6-14;1-2;;/h4-8H,1-3H3;7-8H,3-6H2,1-2H3;3-4,9H,5-8H2,1-2H3;1-2H3;2*1H4. The first kappa shape index (κ1) is 43.2. The lowest BCUT2D eigenvalue weighted by molar-refractivity contribution is 0.122. The maximum Gasteiger partial charge on any atom is 0.183 e. The highest BCUT2D eigenvalue weighted by Crippen LogP contribution is 2.20. The third kappa shape index (κ3) is 12.9. The van der Waals surface area contributed by atoms with Crippen LogP contribution in [-0.2, 0) is 9.47 Å². The van der Waals surface area contributed by atoms with Gasteiger partial charge in [-0.2, -0.15) is 0 Å². The summed E-state index contributed by atoms with van der Waals surface area (Å²) in [6.07, 6.45) is 3.10. The van der Waals surface area contributed by atoms with Crippen LogP contribution in [-0.4, -0.2) is 82.5 Å². The zero-order valence-corrected chi connectivity index (χ0v) is 29.7. The quantitative estimate of drug-likeness (QED) is 0.204. The molecule has 0 atom stereocenters. The molecule has 0 radical (unpaired) electrons. The third-order valence-electron chi connectivity index (χ3n) is 7.41. The predicted octanol–water partition coefficient (Wildman–Crippen LogP) is 8.37. The van der Waals surface area contributed by atoms with Gasteiger partial charge >= 0.3 is 0 Å². The Bertz CT molecular complexity index is 1510. The van der Waals surface area contributed by atoms with Crippen LogP contribution in [0.5, 0.6) is 0 Å². The normalized spacial score (nSPS) is 14.1. The van der Waals surface area contributed by atoms with E-state index >= 15 is 0 Å². The van der Waals surface area contributed by atoms with E-state index in [0.717, 1.165) is 60.4 Å². The minimum absolute atomic E-state index is 0. The molecule has 0 amide bonds. The SMILES string of the molecule is C.C.CC.CC(C)c1ncc(F)c(N2CCOCC2)n1.CC(C)c1nccc(N2CCOCC2)n1.Cc1nc(C(C)C)nc2ccccc12. The van der Waals surface area contributed by atoms with Crippen molar-refractivity contribution in [2.75, 3.05) is 62.4 Å². The Labute approximate surface area is 295 Å². The smallest absolute Gasteiger partial charge is 0.183 e. The van der Waals surface area contributed by atoms with Crippen LogP contribution in [0.25, 0.3) is 10.9 Å². The second kappa shape index (κ2) is 22.0. The first-order valence-electron chi connectivity index (χ1n) is 16.9. The Morgan fingerprint density at radius 2 is 1.18 bits per heavy atom. The Hall–Kier alpha value is -3.83. The molecule has 49 heavy (non-hydrogen) atoms. The van der Waals surface area contributed by atoms with E-state index in [9.17, 15) is 4.39 Å². The van der Waals surface area contributed by atoms with Gasteiger partial charge in [0.25, 0.3) is 0 Å². The van der Waals surface area contributed by atoms with Gasteiger partial charge in [-0.3, -0.25) is 0 Å². The summed E-state index contributed by atoms with van der Waals surface area (Å²) < 4.78 is 24.2. The summed E-state index contributed by atoms with van der Waals surface area (Å²) in [7, 11) is 0. The second-order valence-electron chi connectivity index (χ2n) is 12.0. The molecule has 2 saturated heterocycles. The highest BCUT2D eigenvalue weighted by molar-refractivity contribution is 5.80. The summed E-state index contributed by atoms with van der Waals surface area (Å²) in [6.45, 7) is 24.5. The molecule has 0 unspecified atom stereocenters. The van der Waals surface area contributed by atoms with Gasteiger partial charge in [-0.25, -0.2) is 34.3 Å². The van der Waals surface area contributed by atoms with Crippen LogP contribution in [0.15, 0.2) is 42.7 Å². The summed E-state index contributed by atoms with van der Waals surface area (Å²) in [5.74, 6) is 4.58. The van der Waals surface area contributed by atoms with Gasteiger partial charge in [-0.15, -0.1) is 0 Å². The maximum absolute atomic E-state index is 13.6. The van der Waals surface area contributed by atoms with Gasteiger partial charge in [-0.1, -0.05) is 88.4 Å². The number of hydrogen-bond acceptors (Lipinski definition) is 10. The van der Waals surface area contributed by atoms with Gasteiger partial charge in [0.15, 0.2) is 11.6 Å². The monoisotopic (exact) mass is 680 g/mol. The van der Waals surface area contributed by atoms with Gasteiger partial charge in [0.2, 0.25) is 0 Å². The molecule has 6 rings (SSSR count). The number of hydrogen-bond donors (Lipinski definition) is 0. The number of para-hydroxylation sites is 1. The lowest BCUT2D eigenvalue weighted by atomic mass is 10.1. The summed E-state index contributed by atoms with van der Waals surface area (Å²) >= 11 is 0. The van der Waals surface area contributed by atoms with Crippen LogP contribution in [0.1, 0.15) is 111 Å². The number of rotatable bonds is 5. The van der Waals surface area contributed by atoms with Crippen molar-refractivity contribution in [2.45, 2.75) is 94.9 Å². The lowest BCUT2D eigenvalue weighted by Gasteiger charge is -2.28. The molecule has 4 aromatic rings. The molecule has 2 aliphatic heterocycles. The van der Waals surface area contributed by atoms with E-state index in [1.54, 1.807) is 0 Å². The van der Waals surface area contributed by atoms with Crippen molar-refractivity contribution in [3.63, 3.8) is 0 Å². The van der Waals surface area contributed by atoms with Crippen molar-refractivity contribution in [1.82, 2.24) is 29.9 Å². The number of aryl methyl sites for hydroxylation is 1. The molecule has 272 valence electrons. The Balaban J connectivity index is 0.000000352. The highest BCUT2D eigenvalue weighted by Gasteiger charge is 2.18. The van der Waals surface area contributed by atoms with Crippen LogP contribution >= 0.6 is 0 Å². The molecule has 1 aromatic carbocycles. The van der Waals surface area contributed by atoms with E-state index in [4.69, 9.17) is 9.47 Å². The topological polar surface area (TPSA) is 102 Å². The number of morpholine rings is 2. The van der Waals surface area contributed by atoms with Gasteiger partial charge in [0.1, 0.15) is 23.3 Å². The van der Waals surface area contributed by atoms with Crippen molar-refractivity contribution >= 4 is 22.5 Å². The number of anilines is 2. The molecule has 5 heterocycles. The van der Waals surface area contributed by atoms with Crippen LogP contribution < -0.4 is 9.80 Å². The number of benzene rings is 1. The minimum atomic E-state index is -0.355. The fraction of sp³-hybridized carbons (Fsp3) is 0.579. The van der Waals surface area contributed by atoms with Gasteiger partial charge in [-0.05, 0) is 19.1 Å². The first-order chi connectivity index (χ1) is 22.6. The van der Waals surface area contributed by atoms with Crippen molar-refractivity contribution < 1.29 is 13.9 Å². The lowest BCUT2D eigenvalue weighted by Crippen LogP contribution is -2.37. The summed E-state index contributed by atoms with van der Waals surface area (Å²) in [5.41, 5.74) is 2.11.